The Hall–Kier alpha value is -4.07. The second-order valence-electron chi connectivity index (χ2n) is 16.5. The van der Waals surface area contributed by atoms with Gasteiger partial charge in [0.15, 0.2) is 23.8 Å². The highest BCUT2D eigenvalue weighted by molar-refractivity contribution is 5.96. The maximum absolute atomic E-state index is 13.6. The molecule has 0 bridgehead atoms. The lowest BCUT2D eigenvalue weighted by atomic mass is 9.98. The zero-order valence-electron chi connectivity index (χ0n) is 36.4. The Bertz CT molecular complexity index is 1520. The van der Waals surface area contributed by atoms with Gasteiger partial charge in [0.1, 0.15) is 6.10 Å². The van der Waals surface area contributed by atoms with Gasteiger partial charge < -0.3 is 14.2 Å². The van der Waals surface area contributed by atoms with E-state index in [4.69, 9.17) is 14.2 Å². The monoisotopic (exact) mass is 815 g/mol. The number of Topliss-reactive ketones (excluding diaryl/α,β-unsaturated/α-hetero) is 2. The lowest BCUT2D eigenvalue weighted by Gasteiger charge is -2.19. The van der Waals surface area contributed by atoms with Crippen molar-refractivity contribution in [2.24, 2.45) is 0 Å². The van der Waals surface area contributed by atoms with E-state index in [0.717, 1.165) is 76.2 Å². The first kappa shape index (κ1) is 49.3. The predicted octanol–water partition coefficient (Wildman–Crippen LogP) is 13.0. The van der Waals surface area contributed by atoms with E-state index < -0.39 is 24.1 Å². The molecule has 2 aromatic rings. The van der Waals surface area contributed by atoms with Crippen molar-refractivity contribution in [1.29, 1.82) is 0 Å². The third-order valence-electron chi connectivity index (χ3n) is 11.3. The van der Waals surface area contributed by atoms with Crippen molar-refractivity contribution < 1.29 is 38.2 Å². The number of cyclic esters (lactones) is 1. The molecule has 1 aliphatic heterocycles. The molecule has 2 aromatic carbocycles. The normalized spacial score (nSPS) is 14.6. The van der Waals surface area contributed by atoms with E-state index in [1.165, 1.54) is 77.0 Å². The van der Waals surface area contributed by atoms with Gasteiger partial charge in [-0.1, -0.05) is 165 Å². The first-order chi connectivity index (χ1) is 28.8. The van der Waals surface area contributed by atoms with Crippen LogP contribution in [0.15, 0.2) is 72.3 Å². The van der Waals surface area contributed by atoms with E-state index in [1.807, 2.05) is 25.1 Å². The van der Waals surface area contributed by atoms with E-state index in [-0.39, 0.29) is 36.5 Å². The molecule has 0 unspecified atom stereocenters. The molecule has 0 saturated carbocycles. The molecule has 1 aliphatic rings. The Labute approximate surface area is 355 Å². The Morgan fingerprint density at radius 3 is 1.24 bits per heavy atom. The van der Waals surface area contributed by atoms with Crippen molar-refractivity contribution in [2.45, 2.75) is 206 Å². The maximum Gasteiger partial charge on any atom is 0.338 e. The summed E-state index contributed by atoms with van der Waals surface area (Å²) in [6.45, 7) is 4.12. The predicted molar refractivity (Wildman–Crippen MR) is 235 cm³/mol. The van der Waals surface area contributed by atoms with Gasteiger partial charge in [-0.05, 0) is 75.8 Å². The average molecular weight is 815 g/mol. The van der Waals surface area contributed by atoms with Gasteiger partial charge in [-0.15, -0.1) is 0 Å². The number of carbonyl (C=O) groups is 5. The summed E-state index contributed by atoms with van der Waals surface area (Å²) in [7, 11) is 0. The van der Waals surface area contributed by atoms with Crippen LogP contribution in [0.1, 0.15) is 208 Å². The topological polar surface area (TPSA) is 113 Å². The van der Waals surface area contributed by atoms with E-state index >= 15 is 0 Å². The zero-order valence-corrected chi connectivity index (χ0v) is 36.4. The minimum absolute atomic E-state index is 0.0727. The molecule has 59 heavy (non-hydrogen) atoms. The fraction of sp³-hybridized carbons (Fsp3) is 0.627. The number of benzene rings is 2. The van der Waals surface area contributed by atoms with Crippen LogP contribution < -0.4 is 0 Å². The lowest BCUT2D eigenvalue weighted by Crippen LogP contribution is -2.31. The number of hydrogen-bond donors (Lipinski definition) is 0. The van der Waals surface area contributed by atoms with Crippen LogP contribution in [0.25, 0.3) is 0 Å². The molecule has 0 radical (unpaired) electrons. The van der Waals surface area contributed by atoms with Crippen molar-refractivity contribution >= 4 is 29.5 Å². The van der Waals surface area contributed by atoms with E-state index in [2.05, 4.69) is 6.92 Å². The number of hydrogen-bond acceptors (Lipinski definition) is 8. The second kappa shape index (κ2) is 30.9. The summed E-state index contributed by atoms with van der Waals surface area (Å²) in [4.78, 5) is 64.9. The Balaban J connectivity index is 1.39. The van der Waals surface area contributed by atoms with Crippen LogP contribution in [0.2, 0.25) is 0 Å². The molecule has 0 spiro atoms. The summed E-state index contributed by atoms with van der Waals surface area (Å²) in [5, 5.41) is 0. The molecule has 326 valence electrons. The van der Waals surface area contributed by atoms with Crippen LogP contribution in [0.4, 0.5) is 0 Å². The molecule has 0 amide bonds. The first-order valence-corrected chi connectivity index (χ1v) is 23.3. The minimum atomic E-state index is -0.935. The van der Waals surface area contributed by atoms with E-state index in [0.29, 0.717) is 24.0 Å². The van der Waals surface area contributed by atoms with Gasteiger partial charge in [0, 0.05) is 18.4 Å². The van der Waals surface area contributed by atoms with Crippen molar-refractivity contribution in [2.75, 3.05) is 0 Å². The summed E-state index contributed by atoms with van der Waals surface area (Å²) < 4.78 is 16.7. The molecule has 0 aliphatic carbocycles. The molecule has 1 heterocycles. The van der Waals surface area contributed by atoms with Crippen LogP contribution in [0.5, 0.6) is 0 Å². The first-order valence-electron chi connectivity index (χ1n) is 23.3. The fourth-order valence-corrected chi connectivity index (χ4v) is 7.73. The van der Waals surface area contributed by atoms with Crippen molar-refractivity contribution in [3.63, 3.8) is 0 Å². The summed E-state index contributed by atoms with van der Waals surface area (Å²) in [5.41, 5.74) is 1.61. The molecule has 3 rings (SSSR count). The van der Waals surface area contributed by atoms with Crippen LogP contribution in [0.3, 0.4) is 0 Å². The molecular weight excluding hydrogens is 741 g/mol. The fourth-order valence-electron chi connectivity index (χ4n) is 7.73. The lowest BCUT2D eigenvalue weighted by molar-refractivity contribution is -0.139. The maximum atomic E-state index is 13.6. The minimum Gasteiger partial charge on any atom is -0.455 e. The van der Waals surface area contributed by atoms with Gasteiger partial charge in [-0.2, -0.15) is 0 Å². The molecular formula is C51H74O8. The van der Waals surface area contributed by atoms with Crippen molar-refractivity contribution in [3.05, 3.63) is 83.4 Å². The van der Waals surface area contributed by atoms with E-state index in [9.17, 15) is 24.0 Å². The number of ether oxygens (including phenoxy) is 3. The Kier molecular flexibility index (Phi) is 25.8. The molecule has 0 fully saturated rings. The highest BCUT2D eigenvalue weighted by Gasteiger charge is 2.28. The molecule has 0 saturated heterocycles. The van der Waals surface area contributed by atoms with Crippen LogP contribution in [-0.4, -0.2) is 47.8 Å². The van der Waals surface area contributed by atoms with Gasteiger partial charge in [-0.25, -0.2) is 14.4 Å². The summed E-state index contributed by atoms with van der Waals surface area (Å²) in [6.07, 6.45) is 26.4. The molecule has 8 heteroatoms. The molecule has 0 aromatic heterocycles. The number of unbranched alkanes of at least 4 members (excludes halogenated alkanes) is 20. The van der Waals surface area contributed by atoms with Gasteiger partial charge >= 0.3 is 17.9 Å². The van der Waals surface area contributed by atoms with Crippen molar-refractivity contribution in [3.8, 4) is 0 Å². The standard InChI is InChI=1S/C51H74O8/c1-3-4-5-6-7-8-14-17-20-29-36-47(58-49(54)42-31-25-22-26-32-42)45(52)38-39-46(53)48(59-50(55)43-33-27-23-28-34-43)37-30-21-18-15-12-10-9-11-13-16-19-24-35-44-40-41(2)57-51(44)56/h22-23,25-28,31-34,40-41,47-48H,3-21,24,29-30,35-39H2,1-2H3/t41-,47+,48-/m0/s1. The van der Waals surface area contributed by atoms with Gasteiger partial charge in [-0.3, -0.25) is 9.59 Å². The van der Waals surface area contributed by atoms with Crippen LogP contribution in [0, 0.1) is 0 Å². The van der Waals surface area contributed by atoms with E-state index in [1.54, 1.807) is 48.5 Å². The highest BCUT2D eigenvalue weighted by Crippen LogP contribution is 2.22. The second-order valence-corrected chi connectivity index (χ2v) is 16.5. The number of rotatable bonds is 35. The highest BCUT2D eigenvalue weighted by atomic mass is 16.6. The zero-order chi connectivity index (χ0) is 42.3. The Morgan fingerprint density at radius 1 is 0.525 bits per heavy atom. The quantitative estimate of drug-likeness (QED) is 0.0384. The molecule has 3 atom stereocenters. The van der Waals surface area contributed by atoms with Crippen molar-refractivity contribution in [1.82, 2.24) is 0 Å². The molecule has 8 nitrogen and oxygen atoms in total. The third kappa shape index (κ3) is 21.7. The molecule has 0 N–H and O–H groups in total. The van der Waals surface area contributed by atoms with Gasteiger partial charge in [0.25, 0.3) is 0 Å². The average Bonchev–Trinajstić information content (AvgIpc) is 3.58. The Morgan fingerprint density at radius 2 is 0.881 bits per heavy atom. The largest absolute Gasteiger partial charge is 0.455 e. The van der Waals surface area contributed by atoms with Crippen LogP contribution >= 0.6 is 0 Å². The SMILES string of the molecule is CCCCCCCCCCCC[C@@H](OC(=O)c1ccccc1)C(=O)CCC(=O)[C@H](CCCCCCCCCCCCCCC1=C[C@H](C)OC1=O)OC(=O)c1ccccc1. The number of esters is 3. The third-order valence-corrected chi connectivity index (χ3v) is 11.3. The van der Waals surface area contributed by atoms with Crippen LogP contribution in [-0.2, 0) is 28.6 Å². The van der Waals surface area contributed by atoms with Gasteiger partial charge in [0.2, 0.25) is 0 Å². The summed E-state index contributed by atoms with van der Waals surface area (Å²) in [5.74, 6) is -1.78. The smallest absolute Gasteiger partial charge is 0.338 e. The number of carbonyl (C=O) groups excluding carboxylic acids is 5. The summed E-state index contributed by atoms with van der Waals surface area (Å²) in [6, 6.07) is 17.4. The number of ketones is 2. The summed E-state index contributed by atoms with van der Waals surface area (Å²) >= 11 is 0. The van der Waals surface area contributed by atoms with Gasteiger partial charge in [0.05, 0.1) is 11.1 Å².